The molecule has 1 aliphatic carbocycles. The van der Waals surface area contributed by atoms with E-state index in [4.69, 9.17) is 11.6 Å². The van der Waals surface area contributed by atoms with Gasteiger partial charge in [-0.25, -0.2) is 9.37 Å². The molecule has 1 aromatic heterocycles. The summed E-state index contributed by atoms with van der Waals surface area (Å²) in [6.45, 7) is 4.16. The third kappa shape index (κ3) is 6.47. The van der Waals surface area contributed by atoms with E-state index in [9.17, 15) is 32.3 Å². The number of aliphatic hydroxyl groups excluding tert-OH is 1. The monoisotopic (exact) mass is 618 g/mol. The lowest BCUT2D eigenvalue weighted by atomic mass is 9.68. The van der Waals surface area contributed by atoms with Crippen LogP contribution in [0.3, 0.4) is 0 Å². The fourth-order valence-electron chi connectivity index (χ4n) is 6.06. The fraction of sp³-hybridized carbons (Fsp3) is 0.387. The van der Waals surface area contributed by atoms with Crippen molar-refractivity contribution in [1.82, 2.24) is 10.3 Å². The number of benzene rings is 2. The van der Waals surface area contributed by atoms with Gasteiger partial charge >= 0.3 is 6.18 Å². The first-order valence-electron chi connectivity index (χ1n) is 13.9. The first-order valence-corrected chi connectivity index (χ1v) is 14.2. The number of carbonyl (C=O) groups is 2. The molecule has 2 amide bonds. The number of alkyl halides is 3. The average Bonchev–Trinajstić information content (AvgIpc) is 3.31. The van der Waals surface area contributed by atoms with Gasteiger partial charge in [-0.15, -0.1) is 0 Å². The Bertz CT molecular complexity index is 1510. The average molecular weight is 619 g/mol. The molecule has 1 saturated heterocycles. The van der Waals surface area contributed by atoms with Gasteiger partial charge in [0.1, 0.15) is 23.9 Å². The van der Waals surface area contributed by atoms with Crippen LogP contribution in [0.5, 0.6) is 0 Å². The molecule has 2 heterocycles. The zero-order valence-corrected chi connectivity index (χ0v) is 24.2. The second-order valence-electron chi connectivity index (χ2n) is 11.8. The lowest BCUT2D eigenvalue weighted by Gasteiger charge is -2.45. The molecule has 12 heteroatoms. The third-order valence-corrected chi connectivity index (χ3v) is 8.32. The zero-order chi connectivity index (χ0) is 31.1. The highest BCUT2D eigenvalue weighted by Crippen LogP contribution is 2.42. The van der Waals surface area contributed by atoms with E-state index in [0.29, 0.717) is 5.56 Å². The lowest BCUT2D eigenvalue weighted by molar-refractivity contribution is -0.137. The van der Waals surface area contributed by atoms with Gasteiger partial charge in [0.2, 0.25) is 11.8 Å². The molecule has 2 aliphatic rings. The predicted molar refractivity (Wildman–Crippen MR) is 154 cm³/mol. The van der Waals surface area contributed by atoms with Gasteiger partial charge in [0.05, 0.1) is 11.6 Å². The summed E-state index contributed by atoms with van der Waals surface area (Å²) in [5.41, 5.74) is -0.541. The highest BCUT2D eigenvalue weighted by molar-refractivity contribution is 6.31. The van der Waals surface area contributed by atoms with Gasteiger partial charge < -0.3 is 15.3 Å². The molecule has 228 valence electrons. The van der Waals surface area contributed by atoms with Crippen molar-refractivity contribution >= 4 is 34.9 Å². The van der Waals surface area contributed by atoms with Gasteiger partial charge in [0.25, 0.3) is 0 Å². The van der Waals surface area contributed by atoms with Crippen LogP contribution >= 0.6 is 11.6 Å². The smallest absolute Gasteiger partial charge is 0.371 e. The molecule has 2 N–H and O–H groups in total. The number of amides is 2. The van der Waals surface area contributed by atoms with Crippen LogP contribution < -0.4 is 15.1 Å². The highest BCUT2D eigenvalue weighted by atomic mass is 35.5. The van der Waals surface area contributed by atoms with Crippen molar-refractivity contribution in [3.63, 3.8) is 0 Å². The zero-order valence-electron chi connectivity index (χ0n) is 23.5. The van der Waals surface area contributed by atoms with E-state index in [-0.39, 0.29) is 40.8 Å². The Morgan fingerprint density at radius 1 is 1.14 bits per heavy atom. The molecule has 2 fully saturated rings. The van der Waals surface area contributed by atoms with E-state index in [0.717, 1.165) is 42.1 Å². The second-order valence-corrected chi connectivity index (χ2v) is 12.2. The van der Waals surface area contributed by atoms with Crippen LogP contribution in [0.2, 0.25) is 5.02 Å². The molecule has 2 aromatic carbocycles. The van der Waals surface area contributed by atoms with Crippen LogP contribution in [0.4, 0.5) is 29.1 Å². The van der Waals surface area contributed by atoms with E-state index in [2.05, 4.69) is 24.1 Å². The summed E-state index contributed by atoms with van der Waals surface area (Å²) in [5.74, 6) is -2.00. The van der Waals surface area contributed by atoms with Crippen molar-refractivity contribution < 1.29 is 32.3 Å². The Morgan fingerprint density at radius 3 is 2.51 bits per heavy atom. The molecule has 7 nitrogen and oxygen atoms in total. The highest BCUT2D eigenvalue weighted by Gasteiger charge is 2.46. The van der Waals surface area contributed by atoms with E-state index in [1.165, 1.54) is 23.1 Å². The van der Waals surface area contributed by atoms with Crippen molar-refractivity contribution in [2.24, 2.45) is 5.41 Å². The Morgan fingerprint density at radius 2 is 1.86 bits per heavy atom. The van der Waals surface area contributed by atoms with Crippen LogP contribution in [0, 0.1) is 11.2 Å². The minimum absolute atomic E-state index is 0.0391. The molecule has 1 saturated carbocycles. The van der Waals surface area contributed by atoms with Crippen molar-refractivity contribution in [2.75, 3.05) is 9.80 Å². The van der Waals surface area contributed by atoms with Gasteiger partial charge in [-0.1, -0.05) is 49.7 Å². The molecule has 0 bridgehead atoms. The summed E-state index contributed by atoms with van der Waals surface area (Å²) in [5, 5.41) is 15.3. The predicted octanol–water partition coefficient (Wildman–Crippen LogP) is 6.26. The third-order valence-electron chi connectivity index (χ3n) is 7.98. The summed E-state index contributed by atoms with van der Waals surface area (Å²) >= 11 is 6.58. The topological polar surface area (TPSA) is 85.8 Å². The molecule has 0 spiro atoms. The van der Waals surface area contributed by atoms with Crippen LogP contribution in [0.25, 0.3) is 0 Å². The fourth-order valence-corrected chi connectivity index (χ4v) is 6.30. The van der Waals surface area contributed by atoms with E-state index in [1.807, 2.05) is 0 Å². The first kappa shape index (κ1) is 30.7. The van der Waals surface area contributed by atoms with Crippen LogP contribution in [-0.4, -0.2) is 40.2 Å². The standard InChI is InChI=1S/C31H31ClF4N4O3/c1-30(2)16-20(17-30)38-28(42)27(22-8-3-4-9-23(22)32)39(21-7-5-6-19(33)15-21)29(43)24-10-11-26(41)40(24)25-14-18(12-13-37-25)31(34,35)36/h3-9,12-15,20,24,27,29,43H,10-11,16-17H2,1-2H3,(H,38,42)/t24-,27+,29?/m0/s1. The first-order chi connectivity index (χ1) is 20.2. The number of hydrogen-bond acceptors (Lipinski definition) is 5. The molecule has 3 atom stereocenters. The van der Waals surface area contributed by atoms with Crippen molar-refractivity contribution in [2.45, 2.75) is 70.1 Å². The number of aliphatic hydroxyl groups is 1. The van der Waals surface area contributed by atoms with Gasteiger partial charge in [-0.05, 0) is 61.1 Å². The molecule has 5 rings (SSSR count). The van der Waals surface area contributed by atoms with Gasteiger partial charge in [0, 0.05) is 34.9 Å². The summed E-state index contributed by atoms with van der Waals surface area (Å²) in [4.78, 5) is 33.4. The van der Waals surface area contributed by atoms with Crippen LogP contribution in [-0.2, 0) is 15.8 Å². The Hall–Kier alpha value is -3.70. The van der Waals surface area contributed by atoms with Crippen molar-refractivity contribution in [3.8, 4) is 0 Å². The quantitative estimate of drug-likeness (QED) is 0.230. The molecular formula is C31H31ClF4N4O3. The van der Waals surface area contributed by atoms with Crippen molar-refractivity contribution in [3.05, 3.63) is 88.8 Å². The number of carbonyl (C=O) groups excluding carboxylic acids is 2. The number of nitrogens with one attached hydrogen (secondary N) is 1. The number of halogens is 5. The van der Waals surface area contributed by atoms with Crippen molar-refractivity contribution in [1.29, 1.82) is 0 Å². The minimum Gasteiger partial charge on any atom is -0.371 e. The van der Waals surface area contributed by atoms with Gasteiger partial charge in [-0.3, -0.25) is 14.5 Å². The van der Waals surface area contributed by atoms with Crippen LogP contribution in [0.1, 0.15) is 56.7 Å². The maximum Gasteiger partial charge on any atom is 0.416 e. The number of rotatable bonds is 8. The molecule has 1 unspecified atom stereocenters. The molecule has 3 aromatic rings. The molecule has 43 heavy (non-hydrogen) atoms. The second kappa shape index (κ2) is 11.8. The summed E-state index contributed by atoms with van der Waals surface area (Å²) in [6.07, 6.45) is -4.03. The Labute approximate surface area is 251 Å². The Balaban J connectivity index is 1.60. The normalized spacial score (nSPS) is 20.0. The number of hydrogen-bond donors (Lipinski definition) is 2. The number of anilines is 2. The van der Waals surface area contributed by atoms with E-state index < -0.39 is 47.7 Å². The van der Waals surface area contributed by atoms with E-state index >= 15 is 0 Å². The molecule has 0 radical (unpaired) electrons. The summed E-state index contributed by atoms with van der Waals surface area (Å²) in [7, 11) is 0. The van der Waals surface area contributed by atoms with Crippen LogP contribution in [0.15, 0.2) is 66.9 Å². The van der Waals surface area contributed by atoms with Gasteiger partial charge in [0.15, 0.2) is 0 Å². The van der Waals surface area contributed by atoms with E-state index in [1.54, 1.807) is 24.3 Å². The largest absolute Gasteiger partial charge is 0.416 e. The summed E-state index contributed by atoms with van der Waals surface area (Å²) in [6, 6.07) is 10.7. The van der Waals surface area contributed by atoms with Gasteiger partial charge in [-0.2, -0.15) is 13.2 Å². The Kier molecular flexibility index (Phi) is 8.41. The molecule has 1 aliphatic heterocycles. The summed E-state index contributed by atoms with van der Waals surface area (Å²) < 4.78 is 55.2. The SMILES string of the molecule is CC1(C)CC(NC(=O)[C@@H](c2ccccc2Cl)N(c2cccc(F)c2)C(O)[C@@H]2CCC(=O)N2c2cc(C(F)(F)F)ccn2)C1. The number of nitrogens with zero attached hydrogens (tertiary/aromatic N) is 3. The number of aromatic nitrogens is 1. The maximum atomic E-state index is 14.6. The number of pyridine rings is 1. The minimum atomic E-state index is -4.69. The lowest BCUT2D eigenvalue weighted by Crippen LogP contribution is -2.57. The molecular weight excluding hydrogens is 588 g/mol. The maximum absolute atomic E-state index is 14.6.